The second kappa shape index (κ2) is 6.64. The van der Waals surface area contributed by atoms with Crippen LogP contribution in [0.1, 0.15) is 26.5 Å². The van der Waals surface area contributed by atoms with Crippen LogP contribution in [-0.2, 0) is 18.3 Å². The van der Waals surface area contributed by atoms with Crippen LogP contribution in [-0.4, -0.2) is 26.7 Å². The zero-order chi connectivity index (χ0) is 17.0. The van der Waals surface area contributed by atoms with E-state index in [9.17, 15) is 9.18 Å². The molecular weight excluding hydrogens is 301 g/mol. The molecule has 0 atom stereocenters. The third-order valence-corrected chi connectivity index (χ3v) is 2.89. The summed E-state index contributed by atoms with van der Waals surface area (Å²) >= 11 is 0. The van der Waals surface area contributed by atoms with Gasteiger partial charge in [-0.1, -0.05) is 5.21 Å². The number of carbonyl (C=O) groups excluding carboxylic acids is 1. The van der Waals surface area contributed by atoms with Gasteiger partial charge >= 0.3 is 6.09 Å². The summed E-state index contributed by atoms with van der Waals surface area (Å²) in [7, 11) is 1.76. The van der Waals surface area contributed by atoms with Crippen molar-refractivity contribution in [1.82, 2.24) is 15.0 Å². The van der Waals surface area contributed by atoms with E-state index in [1.165, 1.54) is 18.2 Å². The van der Waals surface area contributed by atoms with E-state index in [1.54, 1.807) is 38.7 Å². The molecule has 1 aromatic carbocycles. The summed E-state index contributed by atoms with van der Waals surface area (Å²) in [6.45, 7) is 5.69. The number of aryl methyl sites for hydroxylation is 1. The monoisotopic (exact) mass is 321 g/mol. The van der Waals surface area contributed by atoms with Gasteiger partial charge in [0.25, 0.3) is 0 Å². The fourth-order valence-electron chi connectivity index (χ4n) is 1.84. The summed E-state index contributed by atoms with van der Waals surface area (Å²) in [4.78, 5) is 11.9. The first kappa shape index (κ1) is 16.7. The Kier molecular flexibility index (Phi) is 4.83. The molecule has 2 aromatic rings. The van der Waals surface area contributed by atoms with Crippen LogP contribution < -0.4 is 10.6 Å². The van der Waals surface area contributed by atoms with Crippen molar-refractivity contribution in [3.05, 3.63) is 35.9 Å². The molecule has 8 heteroatoms. The van der Waals surface area contributed by atoms with Crippen LogP contribution >= 0.6 is 0 Å². The van der Waals surface area contributed by atoms with E-state index in [0.29, 0.717) is 17.9 Å². The summed E-state index contributed by atoms with van der Waals surface area (Å²) in [6, 6.07) is 4.04. The standard InChI is InChI=1S/C15H20FN5O2/c1-15(2,3)23-14(22)19-12-6-5-10(16)7-13(12)17-8-11-9-18-20-21(11)4/h5-7,9,17H,8H2,1-4H3,(H,19,22). The first-order valence-corrected chi connectivity index (χ1v) is 7.11. The van der Waals surface area contributed by atoms with Gasteiger partial charge in [0.2, 0.25) is 0 Å². The second-order valence-electron chi connectivity index (χ2n) is 6.02. The number of amides is 1. The Morgan fingerprint density at radius 2 is 2.09 bits per heavy atom. The Morgan fingerprint density at radius 3 is 2.70 bits per heavy atom. The molecule has 2 N–H and O–H groups in total. The minimum atomic E-state index is -0.613. The third-order valence-electron chi connectivity index (χ3n) is 2.89. The topological polar surface area (TPSA) is 81.1 Å². The van der Waals surface area contributed by atoms with Crippen molar-refractivity contribution in [2.24, 2.45) is 7.05 Å². The lowest BCUT2D eigenvalue weighted by Gasteiger charge is -2.20. The summed E-state index contributed by atoms with van der Waals surface area (Å²) in [5, 5.41) is 13.3. The Labute approximate surface area is 133 Å². The van der Waals surface area contributed by atoms with Crippen LogP contribution in [0.5, 0.6) is 0 Å². The smallest absolute Gasteiger partial charge is 0.412 e. The van der Waals surface area contributed by atoms with E-state index in [-0.39, 0.29) is 0 Å². The fourth-order valence-corrected chi connectivity index (χ4v) is 1.84. The zero-order valence-corrected chi connectivity index (χ0v) is 13.6. The van der Waals surface area contributed by atoms with Crippen LogP contribution in [0.25, 0.3) is 0 Å². The van der Waals surface area contributed by atoms with Gasteiger partial charge in [0.05, 0.1) is 29.8 Å². The van der Waals surface area contributed by atoms with Crippen molar-refractivity contribution in [1.29, 1.82) is 0 Å². The predicted octanol–water partition coefficient (Wildman–Crippen LogP) is 2.91. The number of rotatable bonds is 4. The summed E-state index contributed by atoms with van der Waals surface area (Å²) in [5.74, 6) is -0.412. The van der Waals surface area contributed by atoms with Crippen LogP contribution in [0, 0.1) is 5.82 Å². The maximum absolute atomic E-state index is 13.5. The average Bonchev–Trinajstić information content (AvgIpc) is 2.82. The van der Waals surface area contributed by atoms with Crippen LogP contribution in [0.15, 0.2) is 24.4 Å². The molecule has 0 aliphatic rings. The number of nitrogens with zero attached hydrogens (tertiary/aromatic N) is 3. The molecule has 0 saturated heterocycles. The molecule has 0 unspecified atom stereocenters. The largest absolute Gasteiger partial charge is 0.444 e. The molecule has 1 amide bonds. The van der Waals surface area contributed by atoms with Gasteiger partial charge < -0.3 is 10.1 Å². The Balaban J connectivity index is 2.11. The van der Waals surface area contributed by atoms with Crippen LogP contribution in [0.4, 0.5) is 20.6 Å². The number of benzene rings is 1. The maximum Gasteiger partial charge on any atom is 0.412 e. The number of halogens is 1. The average molecular weight is 321 g/mol. The second-order valence-corrected chi connectivity index (χ2v) is 6.02. The van der Waals surface area contributed by atoms with Gasteiger partial charge in [-0.3, -0.25) is 10.00 Å². The zero-order valence-electron chi connectivity index (χ0n) is 13.6. The molecule has 0 fully saturated rings. The highest BCUT2D eigenvalue weighted by atomic mass is 19.1. The van der Waals surface area contributed by atoms with Crippen molar-refractivity contribution < 1.29 is 13.9 Å². The van der Waals surface area contributed by atoms with Crippen molar-refractivity contribution in [3.8, 4) is 0 Å². The number of hydrogen-bond donors (Lipinski definition) is 2. The van der Waals surface area contributed by atoms with E-state index >= 15 is 0 Å². The molecular formula is C15H20FN5O2. The van der Waals surface area contributed by atoms with E-state index in [2.05, 4.69) is 20.9 Å². The highest BCUT2D eigenvalue weighted by Crippen LogP contribution is 2.24. The summed E-state index contributed by atoms with van der Waals surface area (Å²) in [5.41, 5.74) is 1.07. The highest BCUT2D eigenvalue weighted by molar-refractivity contribution is 5.89. The molecule has 0 radical (unpaired) electrons. The molecule has 0 saturated carbocycles. The van der Waals surface area contributed by atoms with Gasteiger partial charge in [-0.2, -0.15) is 0 Å². The van der Waals surface area contributed by atoms with Crippen LogP contribution in [0.2, 0.25) is 0 Å². The molecule has 7 nitrogen and oxygen atoms in total. The first-order valence-electron chi connectivity index (χ1n) is 7.11. The fraction of sp³-hybridized carbons (Fsp3) is 0.400. The lowest BCUT2D eigenvalue weighted by molar-refractivity contribution is 0.0636. The third kappa shape index (κ3) is 4.94. The van der Waals surface area contributed by atoms with Crippen LogP contribution in [0.3, 0.4) is 0 Å². The van der Waals surface area contributed by atoms with Crippen molar-refractivity contribution in [3.63, 3.8) is 0 Å². The van der Waals surface area contributed by atoms with E-state index < -0.39 is 17.5 Å². The van der Waals surface area contributed by atoms with E-state index in [0.717, 1.165) is 5.69 Å². The lowest BCUT2D eigenvalue weighted by atomic mass is 10.2. The number of hydrogen-bond acceptors (Lipinski definition) is 5. The van der Waals surface area contributed by atoms with Gasteiger partial charge in [-0.15, -0.1) is 5.10 Å². The maximum atomic E-state index is 13.5. The van der Waals surface area contributed by atoms with Gasteiger partial charge in [0.15, 0.2) is 0 Å². The van der Waals surface area contributed by atoms with E-state index in [1.807, 2.05) is 0 Å². The van der Waals surface area contributed by atoms with Crippen molar-refractivity contribution in [2.75, 3.05) is 10.6 Å². The predicted molar refractivity (Wildman–Crippen MR) is 84.6 cm³/mol. The molecule has 0 bridgehead atoms. The number of aromatic nitrogens is 3. The number of carbonyl (C=O) groups is 1. The minimum absolute atomic E-state index is 0.385. The van der Waals surface area contributed by atoms with Crippen molar-refractivity contribution in [2.45, 2.75) is 32.9 Å². The molecule has 1 heterocycles. The molecule has 1 aromatic heterocycles. The molecule has 124 valence electrons. The molecule has 2 rings (SSSR count). The molecule has 0 aliphatic carbocycles. The number of anilines is 2. The Morgan fingerprint density at radius 1 is 1.35 bits per heavy atom. The number of ether oxygens (including phenoxy) is 1. The molecule has 23 heavy (non-hydrogen) atoms. The Bertz CT molecular complexity index is 693. The van der Waals surface area contributed by atoms with Gasteiger partial charge in [0, 0.05) is 7.05 Å². The minimum Gasteiger partial charge on any atom is -0.444 e. The van der Waals surface area contributed by atoms with E-state index in [4.69, 9.17) is 4.74 Å². The molecule has 0 aliphatic heterocycles. The van der Waals surface area contributed by atoms with Gasteiger partial charge in [-0.05, 0) is 39.0 Å². The summed E-state index contributed by atoms with van der Waals surface area (Å²) in [6.07, 6.45) is 1.00. The van der Waals surface area contributed by atoms with Crippen molar-refractivity contribution >= 4 is 17.5 Å². The molecule has 0 spiro atoms. The normalized spacial score (nSPS) is 11.2. The van der Waals surface area contributed by atoms with Gasteiger partial charge in [-0.25, -0.2) is 9.18 Å². The lowest BCUT2D eigenvalue weighted by Crippen LogP contribution is -2.27. The highest BCUT2D eigenvalue weighted by Gasteiger charge is 2.17. The number of nitrogens with one attached hydrogen (secondary N) is 2. The SMILES string of the molecule is Cn1nncc1CNc1cc(F)ccc1NC(=O)OC(C)(C)C. The van der Waals surface area contributed by atoms with Gasteiger partial charge in [0.1, 0.15) is 11.4 Å². The quantitative estimate of drug-likeness (QED) is 0.905. The summed E-state index contributed by atoms with van der Waals surface area (Å²) < 4.78 is 20.3. The Hall–Kier alpha value is -2.64. The first-order chi connectivity index (χ1) is 10.7.